The number of anilines is 1. The van der Waals surface area contributed by atoms with E-state index in [2.05, 4.69) is 151 Å². The fraction of sp³-hybridized carbons (Fsp3) is 0.0612. The van der Waals surface area contributed by atoms with Gasteiger partial charge in [-0.2, -0.15) is 20.4 Å². The molecule has 634 valence electrons. The Morgan fingerprint density at radius 3 is 0.878 bits per heavy atom. The second kappa shape index (κ2) is 33.8. The highest BCUT2D eigenvalue weighted by Crippen LogP contribution is 2.43. The maximum Gasteiger partial charge on any atom is 0.169 e. The van der Waals surface area contributed by atoms with E-state index >= 15 is 0 Å². The Labute approximate surface area is 757 Å². The van der Waals surface area contributed by atoms with Crippen LogP contribution in [0.4, 0.5) is 5.69 Å². The predicted octanol–water partition coefficient (Wildman–Crippen LogP) is 22.2. The number of hydrogen-bond donors (Lipinski definition) is 9. The first-order chi connectivity index (χ1) is 63.9. The zero-order chi connectivity index (χ0) is 89.2. The zero-order valence-corrected chi connectivity index (χ0v) is 73.4. The number of aryl methyl sites for hydroxylation is 2. The van der Waals surface area contributed by atoms with E-state index < -0.39 is 0 Å². The smallest absolute Gasteiger partial charge is 0.169 e. The summed E-state index contributed by atoms with van der Waals surface area (Å²) in [6, 6.07) is 49.6. The fourth-order valence-electron chi connectivity index (χ4n) is 15.7. The molecule has 0 bridgehead atoms. The lowest BCUT2D eigenvalue weighted by Gasteiger charge is -2.05. The average Bonchev–Trinajstić information content (AvgIpc) is 1.63. The maximum atomic E-state index is 11.7. The Kier molecular flexibility index (Phi) is 20.9. The minimum atomic E-state index is 0.0447. The summed E-state index contributed by atoms with van der Waals surface area (Å²) < 4.78 is 0. The number of nitrogens with one attached hydrogen (secondary N) is 8. The van der Waals surface area contributed by atoms with Crippen molar-refractivity contribution in [2.45, 2.75) is 41.5 Å². The van der Waals surface area contributed by atoms with Crippen LogP contribution >= 0.6 is 45.3 Å². The summed E-state index contributed by atoms with van der Waals surface area (Å²) in [5.74, 6) is 2.82. The van der Waals surface area contributed by atoms with Gasteiger partial charge in [0.25, 0.3) is 0 Å². The molecule has 20 aromatic heterocycles. The summed E-state index contributed by atoms with van der Waals surface area (Å²) in [6.45, 7) is 10.4. The van der Waals surface area contributed by atoms with Crippen molar-refractivity contribution in [3.05, 3.63) is 281 Å². The molecule has 33 heteroatoms. The van der Waals surface area contributed by atoms with E-state index in [0.717, 1.165) is 202 Å². The fourth-order valence-corrected chi connectivity index (χ4v) is 19.4. The SMILES string of the molecule is CC(=O)c1ccc(-c2cncc3[nH]c(-c4n[nH]c5ccc(-c6cccnc6)cc45)nc23)s1.CC(=O)c1ccc(-c2cncc3[nH]c(-c4n[nH]c5ccc(-c6cncc(N)c6)cc45)nc23)s1.CC(=O)c1ccc(-c2cncc3[nH]c(-c4n[nH]c5ccc(-c6cnccc6C)cc45)nc23)s1.CC(=O)c1ccc(-c2cncc3[nH]c(-c4n[nH]c5ccc(-c6cnccc6C)cc45)nc23)s1. The van der Waals surface area contributed by atoms with Gasteiger partial charge < -0.3 is 25.7 Å². The normalized spacial score (nSPS) is 11.4. The number of nitrogens with two attached hydrogens (primary N) is 1. The molecule has 4 aromatic carbocycles. The van der Waals surface area contributed by atoms with Gasteiger partial charge in [-0.25, -0.2) is 19.9 Å². The van der Waals surface area contributed by atoms with Gasteiger partial charge in [-0.3, -0.25) is 79.4 Å². The number of aromatic nitrogens is 24. The van der Waals surface area contributed by atoms with E-state index in [9.17, 15) is 19.2 Å². The number of pyridine rings is 8. The molecule has 24 rings (SSSR count). The van der Waals surface area contributed by atoms with Gasteiger partial charge in [-0.05, 0) is 196 Å². The van der Waals surface area contributed by atoms with Gasteiger partial charge >= 0.3 is 0 Å². The number of benzene rings is 4. The van der Waals surface area contributed by atoms with Crippen molar-refractivity contribution in [1.29, 1.82) is 0 Å². The Morgan fingerprint density at radius 2 is 0.573 bits per heavy atom. The molecule has 20 heterocycles. The lowest BCUT2D eigenvalue weighted by Crippen LogP contribution is -1.88. The summed E-state index contributed by atoms with van der Waals surface area (Å²) in [6.07, 6.45) is 28.5. The lowest BCUT2D eigenvalue weighted by atomic mass is 10.0. The second-order valence-electron chi connectivity index (χ2n) is 31.0. The van der Waals surface area contributed by atoms with E-state index in [1.807, 2.05) is 134 Å². The van der Waals surface area contributed by atoms with Crippen molar-refractivity contribution in [2.75, 3.05) is 5.73 Å². The first-order valence-corrected chi connectivity index (χ1v) is 44.3. The number of Topliss-reactive ketones (excluding diaryl/α,β-unsaturated/α-hetero) is 4. The van der Waals surface area contributed by atoms with Crippen LogP contribution in [0.25, 0.3) is 220 Å². The molecule has 0 aliphatic carbocycles. The number of ketones is 4. The molecule has 0 radical (unpaired) electrons. The van der Waals surface area contributed by atoms with Crippen LogP contribution in [0.5, 0.6) is 0 Å². The molecule has 0 saturated carbocycles. The number of hydrogen-bond acceptors (Lipinski definition) is 25. The van der Waals surface area contributed by atoms with Crippen molar-refractivity contribution in [1.82, 2.24) is 121 Å². The van der Waals surface area contributed by atoms with Gasteiger partial charge in [0.2, 0.25) is 0 Å². The van der Waals surface area contributed by atoms with Crippen LogP contribution in [0.1, 0.15) is 77.5 Å². The number of nitrogen functional groups attached to an aromatic ring is 1. The lowest BCUT2D eigenvalue weighted by molar-refractivity contribution is 0.101. The van der Waals surface area contributed by atoms with Gasteiger partial charge in [-0.15, -0.1) is 45.3 Å². The minimum Gasteiger partial charge on any atom is -0.397 e. The van der Waals surface area contributed by atoms with E-state index in [-0.39, 0.29) is 23.1 Å². The molecule has 0 atom stereocenters. The molecule has 0 aliphatic rings. The van der Waals surface area contributed by atoms with Gasteiger partial charge in [0.05, 0.1) is 94.1 Å². The molecule has 29 nitrogen and oxygen atoms in total. The maximum absolute atomic E-state index is 11.7. The highest BCUT2D eigenvalue weighted by Gasteiger charge is 2.25. The molecule has 0 fully saturated rings. The Hall–Kier alpha value is -16.9. The molecule has 0 spiro atoms. The monoisotopic (exact) mass is 1790 g/mol. The standard InChI is InChI=1S/2C25H18N6OS.C24H17N7OS.C24H16N6OS/c2*1-13-7-8-26-10-17(13)15-3-4-19-16(9-15)24(31-30-19)25-28-20-12-27-11-18(23(20)29-25)22-6-5-21(33-22)14(2)32;1-12(32)20-4-5-21(33-20)17-10-27-11-19-22(17)29-24(28-19)23-16-7-13(2-3-18(16)30-31-23)14-6-15(25)9-26-8-14;1-13(31)20-6-7-21(32-20)17-11-26-12-19-22(17)28-24(27-19)23-16-9-14(4-5-18(16)29-30-23)15-3-2-8-25-10-15/h2*3-12H,1-2H3,(H,28,29)(H,30,31);2-11H,25H2,1H3,(H,28,29)(H,30,31);2-12H,1H3,(H,27,28)(H,29,30). The molecule has 131 heavy (non-hydrogen) atoms. The first kappa shape index (κ1) is 81.2. The topological polar surface area (TPSA) is 427 Å². The number of H-pyrrole nitrogens is 8. The quantitative estimate of drug-likeness (QED) is 0.0406. The van der Waals surface area contributed by atoms with Crippen LogP contribution < -0.4 is 5.73 Å². The van der Waals surface area contributed by atoms with Crippen LogP contribution in [0.2, 0.25) is 0 Å². The minimum absolute atomic E-state index is 0.0447. The highest BCUT2D eigenvalue weighted by atomic mass is 32.1. The molecule has 10 N–H and O–H groups in total. The van der Waals surface area contributed by atoms with Crippen molar-refractivity contribution in [2.24, 2.45) is 0 Å². The first-order valence-electron chi connectivity index (χ1n) is 41.1. The van der Waals surface area contributed by atoms with Gasteiger partial charge in [-0.1, -0.05) is 30.3 Å². The van der Waals surface area contributed by atoms with Crippen LogP contribution in [0, 0.1) is 13.8 Å². The Bertz CT molecular complexity index is 8380. The number of thiophene rings is 4. The average molecular weight is 1790 g/mol. The number of aromatic amines is 8. The van der Waals surface area contributed by atoms with Gasteiger partial charge in [0.1, 0.15) is 44.8 Å². The van der Waals surface area contributed by atoms with Crippen molar-refractivity contribution >= 4 is 162 Å². The van der Waals surface area contributed by atoms with Gasteiger partial charge in [0, 0.05) is 160 Å². The number of carbonyl (C=O) groups excluding carboxylic acids is 4. The number of nitrogens with zero attached hydrogens (tertiary/aromatic N) is 16. The van der Waals surface area contributed by atoms with Crippen LogP contribution in [0.15, 0.2) is 251 Å². The van der Waals surface area contributed by atoms with Crippen molar-refractivity contribution < 1.29 is 19.2 Å². The third kappa shape index (κ3) is 15.6. The summed E-state index contributed by atoms with van der Waals surface area (Å²) in [5.41, 5.74) is 33.7. The number of fused-ring (bicyclic) bond motifs is 8. The third-order valence-corrected chi connectivity index (χ3v) is 27.3. The Balaban J connectivity index is 0.000000105. The summed E-state index contributed by atoms with van der Waals surface area (Å²) in [4.78, 5) is 121. The molecule has 0 saturated heterocycles. The molecule has 0 unspecified atom stereocenters. The number of carbonyl (C=O) groups is 4. The highest BCUT2D eigenvalue weighted by molar-refractivity contribution is 7.18. The van der Waals surface area contributed by atoms with Crippen molar-refractivity contribution in [3.8, 4) is 132 Å². The summed E-state index contributed by atoms with van der Waals surface area (Å²) >= 11 is 5.78. The molecule has 0 aliphatic heterocycles. The number of rotatable bonds is 16. The summed E-state index contributed by atoms with van der Waals surface area (Å²) in [5, 5.41) is 34.4. The largest absolute Gasteiger partial charge is 0.397 e. The van der Waals surface area contributed by atoms with Crippen LogP contribution in [0.3, 0.4) is 0 Å². The summed E-state index contributed by atoms with van der Waals surface area (Å²) in [7, 11) is 0. The third-order valence-electron chi connectivity index (χ3n) is 22.4. The van der Waals surface area contributed by atoms with E-state index in [1.165, 1.54) is 45.3 Å². The molecule has 0 amide bonds. The Morgan fingerprint density at radius 1 is 0.275 bits per heavy atom. The van der Waals surface area contributed by atoms with E-state index in [4.69, 9.17) is 25.7 Å². The zero-order valence-electron chi connectivity index (χ0n) is 70.2. The van der Waals surface area contributed by atoms with Gasteiger partial charge in [0.15, 0.2) is 46.4 Å². The van der Waals surface area contributed by atoms with E-state index in [1.54, 1.807) is 108 Å². The molecule has 24 aromatic rings. The molecular weight excluding hydrogens is 1720 g/mol. The predicted molar refractivity (Wildman–Crippen MR) is 516 cm³/mol. The van der Waals surface area contributed by atoms with E-state index in [0.29, 0.717) is 54.2 Å². The second-order valence-corrected chi connectivity index (χ2v) is 35.4. The van der Waals surface area contributed by atoms with Crippen LogP contribution in [-0.4, -0.2) is 144 Å². The number of imidazole rings is 4. The van der Waals surface area contributed by atoms with Crippen LogP contribution in [-0.2, 0) is 0 Å². The molecular formula is C98H69N25O4S4. The van der Waals surface area contributed by atoms with Crippen molar-refractivity contribution in [3.63, 3.8) is 0 Å².